The third-order valence-corrected chi connectivity index (χ3v) is 3.22. The van der Waals surface area contributed by atoms with E-state index in [1.165, 1.54) is 12.8 Å². The Hall–Kier alpha value is -0.320. The molecule has 2 atom stereocenters. The second-order valence-corrected chi connectivity index (χ2v) is 4.59. The van der Waals surface area contributed by atoms with Crippen LogP contribution < -0.4 is 5.32 Å². The van der Waals surface area contributed by atoms with Gasteiger partial charge in [0, 0.05) is 6.61 Å². The van der Waals surface area contributed by atoms with Gasteiger partial charge in [-0.05, 0) is 54.4 Å². The van der Waals surface area contributed by atoms with Gasteiger partial charge in [-0.3, -0.25) is 0 Å². The molecule has 1 aromatic rings. The summed E-state index contributed by atoms with van der Waals surface area (Å²) >= 11 is 3.32. The second kappa shape index (κ2) is 5.14. The van der Waals surface area contributed by atoms with Crippen molar-refractivity contribution in [2.24, 2.45) is 0 Å². The van der Waals surface area contributed by atoms with E-state index < -0.39 is 0 Å². The molecule has 0 radical (unpaired) electrons. The van der Waals surface area contributed by atoms with Crippen LogP contribution in [0.5, 0.6) is 0 Å². The van der Waals surface area contributed by atoms with Crippen LogP contribution in [0.15, 0.2) is 21.2 Å². The van der Waals surface area contributed by atoms with E-state index in [0.29, 0.717) is 0 Å². The number of hydrogen-bond acceptors (Lipinski definition) is 3. The van der Waals surface area contributed by atoms with Crippen molar-refractivity contribution < 1.29 is 9.15 Å². The first-order valence-electron chi connectivity index (χ1n) is 5.35. The van der Waals surface area contributed by atoms with Crippen LogP contribution >= 0.6 is 15.9 Å². The fourth-order valence-corrected chi connectivity index (χ4v) is 2.35. The van der Waals surface area contributed by atoms with Crippen molar-refractivity contribution in [1.82, 2.24) is 5.32 Å². The van der Waals surface area contributed by atoms with Crippen molar-refractivity contribution in [3.63, 3.8) is 0 Å². The zero-order chi connectivity index (χ0) is 10.7. The van der Waals surface area contributed by atoms with Crippen molar-refractivity contribution in [2.45, 2.75) is 31.4 Å². The largest absolute Gasteiger partial charge is 0.453 e. The van der Waals surface area contributed by atoms with Crippen molar-refractivity contribution >= 4 is 15.9 Å². The lowest BCUT2D eigenvalue weighted by Gasteiger charge is -2.28. The lowest BCUT2D eigenvalue weighted by Crippen LogP contribution is -2.33. The van der Waals surface area contributed by atoms with E-state index in [9.17, 15) is 0 Å². The molecule has 1 aliphatic rings. The highest BCUT2D eigenvalue weighted by Gasteiger charge is 2.26. The van der Waals surface area contributed by atoms with Crippen molar-refractivity contribution in [3.05, 3.63) is 22.6 Å². The van der Waals surface area contributed by atoms with Crippen molar-refractivity contribution in [3.8, 4) is 0 Å². The minimum absolute atomic E-state index is 0.164. The number of furan rings is 1. The summed E-state index contributed by atoms with van der Waals surface area (Å²) in [5.41, 5.74) is 0. The van der Waals surface area contributed by atoms with Gasteiger partial charge in [0.1, 0.15) is 5.76 Å². The molecule has 2 rings (SSSR count). The van der Waals surface area contributed by atoms with E-state index in [1.807, 2.05) is 19.2 Å². The number of nitrogens with one attached hydrogen (secondary N) is 1. The van der Waals surface area contributed by atoms with Gasteiger partial charge in [-0.15, -0.1) is 0 Å². The van der Waals surface area contributed by atoms with Gasteiger partial charge < -0.3 is 14.5 Å². The molecule has 0 spiro atoms. The zero-order valence-corrected chi connectivity index (χ0v) is 10.4. The maximum Gasteiger partial charge on any atom is 0.169 e. The van der Waals surface area contributed by atoms with E-state index in [-0.39, 0.29) is 12.1 Å². The fraction of sp³-hybridized carbons (Fsp3) is 0.636. The van der Waals surface area contributed by atoms with Crippen LogP contribution in [-0.4, -0.2) is 19.8 Å². The SMILES string of the molecule is CNC(c1ccc(Br)o1)C1CCCCO1. The highest BCUT2D eigenvalue weighted by Crippen LogP contribution is 2.28. The number of likely N-dealkylation sites (N-methyl/N-ethyl adjacent to an activating group) is 1. The summed E-state index contributed by atoms with van der Waals surface area (Å²) in [6.07, 6.45) is 3.75. The van der Waals surface area contributed by atoms with E-state index >= 15 is 0 Å². The molecule has 0 amide bonds. The third kappa shape index (κ3) is 2.62. The van der Waals surface area contributed by atoms with Crippen LogP contribution in [0.4, 0.5) is 0 Å². The first-order valence-corrected chi connectivity index (χ1v) is 6.14. The Morgan fingerprint density at radius 3 is 2.87 bits per heavy atom. The topological polar surface area (TPSA) is 34.4 Å². The molecule has 0 aliphatic carbocycles. The summed E-state index contributed by atoms with van der Waals surface area (Å²) in [7, 11) is 1.94. The van der Waals surface area contributed by atoms with Crippen LogP contribution in [0.1, 0.15) is 31.1 Å². The van der Waals surface area contributed by atoms with Gasteiger partial charge in [0.2, 0.25) is 0 Å². The zero-order valence-electron chi connectivity index (χ0n) is 8.83. The minimum atomic E-state index is 0.164. The van der Waals surface area contributed by atoms with E-state index in [0.717, 1.165) is 23.5 Å². The highest BCUT2D eigenvalue weighted by molar-refractivity contribution is 9.10. The molecule has 1 aliphatic heterocycles. The molecule has 3 nitrogen and oxygen atoms in total. The quantitative estimate of drug-likeness (QED) is 0.920. The average molecular weight is 274 g/mol. The van der Waals surface area contributed by atoms with Crippen LogP contribution in [0, 0.1) is 0 Å². The lowest BCUT2D eigenvalue weighted by atomic mass is 10.0. The summed E-state index contributed by atoms with van der Waals surface area (Å²) < 4.78 is 12.1. The molecule has 1 fully saturated rings. The van der Waals surface area contributed by atoms with Gasteiger partial charge in [-0.2, -0.15) is 0 Å². The second-order valence-electron chi connectivity index (χ2n) is 3.81. The standard InChI is InChI=1S/C11H16BrNO2/c1-13-11(8-4-2-3-7-14-8)9-5-6-10(12)15-9/h5-6,8,11,13H,2-4,7H2,1H3. The number of rotatable bonds is 3. The third-order valence-electron chi connectivity index (χ3n) is 2.80. The minimum Gasteiger partial charge on any atom is -0.453 e. The number of ether oxygens (including phenoxy) is 1. The molecule has 0 aromatic carbocycles. The van der Waals surface area contributed by atoms with E-state index in [1.54, 1.807) is 0 Å². The predicted octanol–water partition coefficient (Wildman–Crippen LogP) is 2.87. The molecular weight excluding hydrogens is 258 g/mol. The fourth-order valence-electron chi connectivity index (χ4n) is 2.04. The molecule has 2 heterocycles. The molecule has 0 bridgehead atoms. The van der Waals surface area contributed by atoms with Crippen LogP contribution in [0.3, 0.4) is 0 Å². The Morgan fingerprint density at radius 1 is 1.47 bits per heavy atom. The molecule has 0 saturated carbocycles. The van der Waals surface area contributed by atoms with Crippen LogP contribution in [0.25, 0.3) is 0 Å². The predicted molar refractivity (Wildman–Crippen MR) is 61.8 cm³/mol. The Kier molecular flexibility index (Phi) is 3.83. The molecular formula is C11H16BrNO2. The highest BCUT2D eigenvalue weighted by atomic mass is 79.9. The maximum absolute atomic E-state index is 5.76. The van der Waals surface area contributed by atoms with Crippen LogP contribution in [0.2, 0.25) is 0 Å². The number of hydrogen-bond donors (Lipinski definition) is 1. The van der Waals surface area contributed by atoms with E-state index in [2.05, 4.69) is 21.2 Å². The Balaban J connectivity index is 2.08. The average Bonchev–Trinajstić information content (AvgIpc) is 2.68. The Bertz CT molecular complexity index is 307. The van der Waals surface area contributed by atoms with Gasteiger partial charge in [0.15, 0.2) is 4.67 Å². The first kappa shape index (κ1) is 11.2. The smallest absolute Gasteiger partial charge is 0.169 e. The van der Waals surface area contributed by atoms with Crippen LogP contribution in [-0.2, 0) is 4.74 Å². The summed E-state index contributed by atoms with van der Waals surface area (Å²) in [6, 6.07) is 4.07. The molecule has 15 heavy (non-hydrogen) atoms. The molecule has 4 heteroatoms. The first-order chi connectivity index (χ1) is 7.31. The molecule has 1 N–H and O–H groups in total. The van der Waals surface area contributed by atoms with Crippen molar-refractivity contribution in [2.75, 3.05) is 13.7 Å². The summed E-state index contributed by atoms with van der Waals surface area (Å²) in [5, 5.41) is 3.26. The normalized spacial score (nSPS) is 24.0. The van der Waals surface area contributed by atoms with Gasteiger partial charge in [0.25, 0.3) is 0 Å². The summed E-state index contributed by atoms with van der Waals surface area (Å²) in [5.74, 6) is 0.941. The summed E-state index contributed by atoms with van der Waals surface area (Å²) in [6.45, 7) is 0.866. The van der Waals surface area contributed by atoms with Gasteiger partial charge in [-0.1, -0.05) is 0 Å². The maximum atomic E-state index is 5.76. The Morgan fingerprint density at radius 2 is 2.33 bits per heavy atom. The molecule has 1 aromatic heterocycles. The van der Waals surface area contributed by atoms with Gasteiger partial charge in [0.05, 0.1) is 12.1 Å². The summed E-state index contributed by atoms with van der Waals surface area (Å²) in [4.78, 5) is 0. The van der Waals surface area contributed by atoms with Gasteiger partial charge >= 0.3 is 0 Å². The molecule has 1 saturated heterocycles. The van der Waals surface area contributed by atoms with E-state index in [4.69, 9.17) is 9.15 Å². The Labute approximate surface area is 98.3 Å². The van der Waals surface area contributed by atoms with Gasteiger partial charge in [-0.25, -0.2) is 0 Å². The number of halogens is 1. The lowest BCUT2D eigenvalue weighted by molar-refractivity contribution is -0.0111. The van der Waals surface area contributed by atoms with Crippen molar-refractivity contribution in [1.29, 1.82) is 0 Å². The molecule has 84 valence electrons. The molecule has 2 unspecified atom stereocenters. The monoisotopic (exact) mass is 273 g/mol.